The quantitative estimate of drug-likeness (QED) is 0.638. The summed E-state index contributed by atoms with van der Waals surface area (Å²) in [6, 6.07) is 3.95. The average Bonchev–Trinajstić information content (AvgIpc) is 2.34. The molecule has 1 aromatic carbocycles. The molecule has 6 nitrogen and oxygen atoms in total. The Bertz CT molecular complexity index is 434. The summed E-state index contributed by atoms with van der Waals surface area (Å²) in [4.78, 5) is 21.8. The monoisotopic (exact) mass is 268 g/mol. The number of benzene rings is 1. The Morgan fingerprint density at radius 1 is 1.16 bits per heavy atom. The minimum absolute atomic E-state index is 0.0644. The minimum atomic E-state index is -1.17. The summed E-state index contributed by atoms with van der Waals surface area (Å²) in [5, 5.41) is 26.8. The highest BCUT2D eigenvalue weighted by Gasteiger charge is 2.11. The topological polar surface area (TPSA) is 104 Å². The molecule has 104 valence electrons. The second kappa shape index (κ2) is 6.86. The molecule has 0 saturated carbocycles. The van der Waals surface area contributed by atoms with Crippen molar-refractivity contribution in [2.45, 2.75) is 19.4 Å². The molecule has 19 heavy (non-hydrogen) atoms. The molecule has 1 atom stereocenters. The lowest BCUT2D eigenvalue weighted by Gasteiger charge is -2.08. The van der Waals surface area contributed by atoms with Crippen LogP contribution in [0.2, 0.25) is 0 Å². The summed E-state index contributed by atoms with van der Waals surface area (Å²) in [5.41, 5.74) is 0.443. The lowest BCUT2D eigenvalue weighted by atomic mass is 10.0. The molecule has 0 spiro atoms. The molecular weight excluding hydrogens is 252 g/mol. The van der Waals surface area contributed by atoms with Crippen molar-refractivity contribution in [3.63, 3.8) is 0 Å². The van der Waals surface area contributed by atoms with Gasteiger partial charge in [0.2, 0.25) is 0 Å². The zero-order valence-corrected chi connectivity index (χ0v) is 10.5. The Labute approximate surface area is 110 Å². The number of carboxylic acid groups (broad SMARTS) is 2. The molecule has 1 unspecified atom stereocenters. The van der Waals surface area contributed by atoms with Gasteiger partial charge in [0.05, 0.1) is 30.4 Å². The Kier molecular flexibility index (Phi) is 5.47. The van der Waals surface area contributed by atoms with Crippen LogP contribution in [-0.2, 0) is 11.2 Å². The molecule has 0 aliphatic heterocycles. The van der Waals surface area contributed by atoms with Crippen molar-refractivity contribution in [2.75, 3.05) is 13.2 Å². The van der Waals surface area contributed by atoms with Crippen LogP contribution in [0.3, 0.4) is 0 Å². The van der Waals surface area contributed by atoms with E-state index in [1.807, 2.05) is 0 Å². The first-order valence-electron chi connectivity index (χ1n) is 5.76. The van der Waals surface area contributed by atoms with Gasteiger partial charge in [0.15, 0.2) is 0 Å². The zero-order chi connectivity index (χ0) is 14.4. The van der Waals surface area contributed by atoms with Crippen LogP contribution in [0.5, 0.6) is 0 Å². The Balaban J connectivity index is 2.76. The number of carboxylic acids is 2. The lowest BCUT2D eigenvalue weighted by molar-refractivity contribution is 0.0477. The van der Waals surface area contributed by atoms with E-state index in [9.17, 15) is 9.59 Å². The van der Waals surface area contributed by atoms with E-state index in [0.717, 1.165) is 6.07 Å². The van der Waals surface area contributed by atoms with E-state index in [1.54, 1.807) is 6.92 Å². The van der Waals surface area contributed by atoms with Crippen LogP contribution < -0.4 is 0 Å². The number of carbonyl (C=O) groups is 2. The van der Waals surface area contributed by atoms with Crippen molar-refractivity contribution < 1.29 is 29.6 Å². The number of aliphatic hydroxyl groups is 1. The summed E-state index contributed by atoms with van der Waals surface area (Å²) in [6.45, 7) is 2.06. The highest BCUT2D eigenvalue weighted by Crippen LogP contribution is 2.12. The second-order valence-electron chi connectivity index (χ2n) is 4.20. The molecule has 3 N–H and O–H groups in total. The van der Waals surface area contributed by atoms with Gasteiger partial charge >= 0.3 is 11.9 Å². The summed E-state index contributed by atoms with van der Waals surface area (Å²) in [5.74, 6) is -2.34. The van der Waals surface area contributed by atoms with E-state index in [-0.39, 0.29) is 24.3 Å². The van der Waals surface area contributed by atoms with E-state index in [1.165, 1.54) is 12.1 Å². The molecule has 0 radical (unpaired) electrons. The molecule has 0 fully saturated rings. The third-order valence-corrected chi connectivity index (χ3v) is 2.38. The van der Waals surface area contributed by atoms with Gasteiger partial charge in [0, 0.05) is 0 Å². The summed E-state index contributed by atoms with van der Waals surface area (Å²) in [6.07, 6.45) is -0.186. The van der Waals surface area contributed by atoms with Crippen LogP contribution in [0.1, 0.15) is 33.2 Å². The SMILES string of the molecule is CC(O)COCCc1cc(C(=O)O)cc(C(=O)O)c1. The van der Waals surface area contributed by atoms with Gasteiger partial charge in [-0.3, -0.25) is 0 Å². The van der Waals surface area contributed by atoms with Gasteiger partial charge in [-0.15, -0.1) is 0 Å². The van der Waals surface area contributed by atoms with Crippen LogP contribution in [-0.4, -0.2) is 46.6 Å². The van der Waals surface area contributed by atoms with Gasteiger partial charge in [0.25, 0.3) is 0 Å². The summed E-state index contributed by atoms with van der Waals surface area (Å²) < 4.78 is 5.15. The normalized spacial score (nSPS) is 12.1. The number of aromatic carboxylic acids is 2. The van der Waals surface area contributed by atoms with Gasteiger partial charge in [-0.05, 0) is 37.1 Å². The first kappa shape index (κ1) is 15.1. The average molecular weight is 268 g/mol. The van der Waals surface area contributed by atoms with E-state index < -0.39 is 18.0 Å². The Morgan fingerprint density at radius 2 is 1.68 bits per heavy atom. The van der Waals surface area contributed by atoms with Gasteiger partial charge in [-0.1, -0.05) is 0 Å². The number of aliphatic hydroxyl groups excluding tert-OH is 1. The van der Waals surface area contributed by atoms with Crippen LogP contribution in [0.15, 0.2) is 18.2 Å². The molecule has 0 aliphatic carbocycles. The van der Waals surface area contributed by atoms with Crippen molar-refractivity contribution in [2.24, 2.45) is 0 Å². The molecule has 0 saturated heterocycles. The molecule has 6 heteroatoms. The molecule has 1 rings (SSSR count). The smallest absolute Gasteiger partial charge is 0.335 e. The minimum Gasteiger partial charge on any atom is -0.478 e. The molecule has 0 heterocycles. The van der Waals surface area contributed by atoms with Crippen molar-refractivity contribution in [1.29, 1.82) is 0 Å². The van der Waals surface area contributed by atoms with Crippen LogP contribution in [0.4, 0.5) is 0 Å². The molecule has 0 amide bonds. The maximum atomic E-state index is 10.9. The predicted octanol–water partition coefficient (Wildman–Crippen LogP) is 1.02. The maximum absolute atomic E-state index is 10.9. The third-order valence-electron chi connectivity index (χ3n) is 2.38. The van der Waals surface area contributed by atoms with E-state index in [4.69, 9.17) is 20.1 Å². The number of hydrogen-bond donors (Lipinski definition) is 3. The Hall–Kier alpha value is -1.92. The lowest BCUT2D eigenvalue weighted by Crippen LogP contribution is -2.12. The van der Waals surface area contributed by atoms with Gasteiger partial charge in [0.1, 0.15) is 0 Å². The number of hydrogen-bond acceptors (Lipinski definition) is 4. The first-order chi connectivity index (χ1) is 8.90. The highest BCUT2D eigenvalue weighted by molar-refractivity contribution is 5.94. The highest BCUT2D eigenvalue weighted by atomic mass is 16.5. The van der Waals surface area contributed by atoms with E-state index in [0.29, 0.717) is 12.0 Å². The fourth-order valence-electron chi connectivity index (χ4n) is 1.53. The molecule has 0 bridgehead atoms. The number of rotatable bonds is 7. The largest absolute Gasteiger partial charge is 0.478 e. The molecule has 0 aromatic heterocycles. The first-order valence-corrected chi connectivity index (χ1v) is 5.76. The predicted molar refractivity (Wildman–Crippen MR) is 66.6 cm³/mol. The van der Waals surface area contributed by atoms with Gasteiger partial charge in [-0.25, -0.2) is 9.59 Å². The van der Waals surface area contributed by atoms with Crippen LogP contribution in [0, 0.1) is 0 Å². The van der Waals surface area contributed by atoms with Crippen molar-refractivity contribution >= 4 is 11.9 Å². The van der Waals surface area contributed by atoms with Gasteiger partial charge in [-0.2, -0.15) is 0 Å². The van der Waals surface area contributed by atoms with E-state index >= 15 is 0 Å². The van der Waals surface area contributed by atoms with Crippen LogP contribution >= 0.6 is 0 Å². The summed E-state index contributed by atoms with van der Waals surface area (Å²) >= 11 is 0. The number of ether oxygens (including phenoxy) is 1. The van der Waals surface area contributed by atoms with Crippen molar-refractivity contribution in [3.8, 4) is 0 Å². The molecule has 0 aliphatic rings. The zero-order valence-electron chi connectivity index (χ0n) is 10.5. The fourth-order valence-corrected chi connectivity index (χ4v) is 1.53. The fraction of sp³-hybridized carbons (Fsp3) is 0.385. The second-order valence-corrected chi connectivity index (χ2v) is 4.20. The van der Waals surface area contributed by atoms with Gasteiger partial charge < -0.3 is 20.1 Å². The van der Waals surface area contributed by atoms with Crippen molar-refractivity contribution in [1.82, 2.24) is 0 Å². The Morgan fingerprint density at radius 3 is 2.11 bits per heavy atom. The van der Waals surface area contributed by atoms with E-state index in [2.05, 4.69) is 0 Å². The standard InChI is InChI=1S/C13H16O6/c1-8(14)7-19-3-2-9-4-10(12(15)16)6-11(5-9)13(17)18/h4-6,8,14H,2-3,7H2,1H3,(H,15,16)(H,17,18). The third kappa shape index (κ3) is 5.07. The molecular formula is C13H16O6. The maximum Gasteiger partial charge on any atom is 0.335 e. The molecule has 1 aromatic rings. The van der Waals surface area contributed by atoms with Crippen LogP contribution in [0.25, 0.3) is 0 Å². The van der Waals surface area contributed by atoms with Crippen molar-refractivity contribution in [3.05, 3.63) is 34.9 Å². The summed E-state index contributed by atoms with van der Waals surface area (Å²) in [7, 11) is 0.